The van der Waals surface area contributed by atoms with Crippen molar-refractivity contribution in [2.75, 3.05) is 20.2 Å². The van der Waals surface area contributed by atoms with E-state index in [1.165, 1.54) is 0 Å². The number of aliphatic hydroxyl groups is 1. The van der Waals surface area contributed by atoms with Gasteiger partial charge in [0, 0.05) is 24.4 Å². The number of ether oxygens (including phenoxy) is 1. The number of hydrogen-bond donors (Lipinski definition) is 2. The van der Waals surface area contributed by atoms with Crippen LogP contribution in [0.4, 0.5) is 0 Å². The molecule has 0 aromatic heterocycles. The quantitative estimate of drug-likeness (QED) is 0.749. The summed E-state index contributed by atoms with van der Waals surface area (Å²) in [6, 6.07) is 17.7. The summed E-state index contributed by atoms with van der Waals surface area (Å²) in [5.74, 6) is -0.0991. The molecule has 0 amide bonds. The minimum atomic E-state index is -1.48. The maximum atomic E-state index is 14.3. The van der Waals surface area contributed by atoms with Crippen molar-refractivity contribution < 1.29 is 14.6 Å². The first-order chi connectivity index (χ1) is 15.0. The molecular weight excluding hydrogens is 388 g/mol. The van der Waals surface area contributed by atoms with Gasteiger partial charge in [-0.25, -0.2) is 0 Å². The van der Waals surface area contributed by atoms with Crippen LogP contribution >= 0.6 is 0 Å². The second kappa shape index (κ2) is 8.82. The molecule has 1 aliphatic heterocycles. The van der Waals surface area contributed by atoms with Gasteiger partial charge in [0.15, 0.2) is 5.78 Å². The van der Waals surface area contributed by atoms with Crippen molar-refractivity contribution in [2.45, 2.75) is 37.7 Å². The Morgan fingerprint density at radius 1 is 1.23 bits per heavy atom. The van der Waals surface area contributed by atoms with E-state index in [1.807, 2.05) is 55.5 Å². The summed E-state index contributed by atoms with van der Waals surface area (Å²) >= 11 is 0. The number of rotatable bonds is 6. The number of para-hydroxylation sites is 1. The number of fused-ring (bicyclic) bond motifs is 1. The summed E-state index contributed by atoms with van der Waals surface area (Å²) in [7, 11) is 1.60. The Labute approximate surface area is 184 Å². The fraction of sp³-hybridized carbons (Fsp3) is 0.462. The standard InChI is InChI=1S/C26H30N2O3/c1-17-7-3-4-8-20(17)24(21-9-5-6-10-23(21)31-2)25(29)26(30)14-18(11-12-27)13-19-15-28-16-22(19)26/h3-10,18-19,22,24,28,30H,11,13-16H2,1-2H3/t18-,19+,22-,24?,26+/m1/s1. The van der Waals surface area contributed by atoms with Crippen LogP contribution in [0.25, 0.3) is 0 Å². The zero-order valence-electron chi connectivity index (χ0n) is 18.2. The molecule has 162 valence electrons. The van der Waals surface area contributed by atoms with Crippen molar-refractivity contribution in [3.05, 3.63) is 65.2 Å². The molecule has 0 spiro atoms. The highest BCUT2D eigenvalue weighted by Gasteiger charge is 2.55. The van der Waals surface area contributed by atoms with Crippen LogP contribution in [-0.4, -0.2) is 36.7 Å². The molecule has 0 radical (unpaired) electrons. The summed E-state index contributed by atoms with van der Waals surface area (Å²) in [4.78, 5) is 14.3. The molecule has 1 unspecified atom stereocenters. The van der Waals surface area contributed by atoms with Crippen LogP contribution in [0.3, 0.4) is 0 Å². The van der Waals surface area contributed by atoms with Crippen LogP contribution in [0.15, 0.2) is 48.5 Å². The Morgan fingerprint density at radius 2 is 1.94 bits per heavy atom. The van der Waals surface area contributed by atoms with E-state index in [2.05, 4.69) is 11.4 Å². The predicted octanol–water partition coefficient (Wildman–Crippen LogP) is 3.60. The maximum absolute atomic E-state index is 14.3. The Kier molecular flexibility index (Phi) is 6.13. The van der Waals surface area contributed by atoms with E-state index in [-0.39, 0.29) is 23.5 Å². The average molecular weight is 419 g/mol. The van der Waals surface area contributed by atoms with E-state index in [1.54, 1.807) is 7.11 Å². The smallest absolute Gasteiger partial charge is 0.176 e. The number of hydrogen-bond acceptors (Lipinski definition) is 5. The number of nitriles is 1. The third-order valence-electron chi connectivity index (χ3n) is 7.21. The Hall–Kier alpha value is -2.68. The van der Waals surface area contributed by atoms with Crippen LogP contribution in [0.2, 0.25) is 0 Å². The lowest BCUT2D eigenvalue weighted by Crippen LogP contribution is -2.55. The molecule has 5 nitrogen and oxygen atoms in total. The summed E-state index contributed by atoms with van der Waals surface area (Å²) in [5.41, 5.74) is 1.17. The Balaban J connectivity index is 1.84. The highest BCUT2D eigenvalue weighted by Crippen LogP contribution is 2.48. The number of methoxy groups -OCH3 is 1. The molecule has 2 aliphatic rings. The zero-order valence-corrected chi connectivity index (χ0v) is 18.2. The first kappa shape index (κ1) is 21.5. The molecule has 1 saturated heterocycles. The zero-order chi connectivity index (χ0) is 22.0. The number of Topliss-reactive ketones (excluding diaryl/α,β-unsaturated/α-hetero) is 1. The van der Waals surface area contributed by atoms with Crippen molar-refractivity contribution in [2.24, 2.45) is 17.8 Å². The monoisotopic (exact) mass is 418 g/mol. The minimum absolute atomic E-state index is 0.0234. The van der Waals surface area contributed by atoms with Crippen molar-refractivity contribution in [1.82, 2.24) is 5.32 Å². The van der Waals surface area contributed by atoms with E-state index in [9.17, 15) is 15.2 Å². The molecule has 5 heteroatoms. The van der Waals surface area contributed by atoms with Crippen LogP contribution in [0.1, 0.15) is 41.9 Å². The number of nitrogens with one attached hydrogen (secondary N) is 1. The Bertz CT molecular complexity index is 998. The second-order valence-electron chi connectivity index (χ2n) is 9.01. The minimum Gasteiger partial charge on any atom is -0.496 e. The third-order valence-corrected chi connectivity index (χ3v) is 7.21. The molecule has 4 rings (SSSR count). The lowest BCUT2D eigenvalue weighted by Gasteiger charge is -2.45. The van der Waals surface area contributed by atoms with Gasteiger partial charge in [-0.1, -0.05) is 42.5 Å². The fourth-order valence-electron chi connectivity index (χ4n) is 5.73. The third kappa shape index (κ3) is 3.86. The van der Waals surface area contributed by atoms with Gasteiger partial charge in [-0.2, -0.15) is 5.26 Å². The molecule has 5 atom stereocenters. The number of ketones is 1. The van der Waals surface area contributed by atoms with E-state index in [4.69, 9.17) is 4.74 Å². The molecule has 2 fully saturated rings. The van der Waals surface area contributed by atoms with E-state index in [0.29, 0.717) is 25.1 Å². The molecule has 1 heterocycles. The van der Waals surface area contributed by atoms with Gasteiger partial charge >= 0.3 is 0 Å². The van der Waals surface area contributed by atoms with E-state index in [0.717, 1.165) is 29.7 Å². The first-order valence-electron chi connectivity index (χ1n) is 11.0. The summed E-state index contributed by atoms with van der Waals surface area (Å²) < 4.78 is 5.62. The SMILES string of the molecule is COc1ccccc1C(C(=O)[C@]1(O)C[C@H](CC#N)C[C@H]2CNC[C@H]21)c1ccccc1C. The molecule has 2 aromatic rings. The predicted molar refractivity (Wildman–Crippen MR) is 119 cm³/mol. The number of aryl methyl sites for hydroxylation is 1. The van der Waals surface area contributed by atoms with Gasteiger partial charge in [0.2, 0.25) is 0 Å². The van der Waals surface area contributed by atoms with Gasteiger partial charge in [0.25, 0.3) is 0 Å². The normalized spacial score (nSPS) is 28.4. The van der Waals surface area contributed by atoms with E-state index < -0.39 is 11.5 Å². The molecular formula is C26H30N2O3. The molecule has 1 saturated carbocycles. The summed E-state index contributed by atoms with van der Waals surface area (Å²) in [6.07, 6.45) is 1.58. The lowest BCUT2D eigenvalue weighted by molar-refractivity contribution is -0.153. The molecule has 0 bridgehead atoms. The van der Waals surface area contributed by atoms with Crippen LogP contribution in [0, 0.1) is 36.0 Å². The largest absolute Gasteiger partial charge is 0.496 e. The van der Waals surface area contributed by atoms with Crippen molar-refractivity contribution >= 4 is 5.78 Å². The van der Waals surface area contributed by atoms with Gasteiger partial charge in [-0.3, -0.25) is 4.79 Å². The topological polar surface area (TPSA) is 82.3 Å². The van der Waals surface area contributed by atoms with Crippen LogP contribution in [0.5, 0.6) is 5.75 Å². The summed E-state index contributed by atoms with van der Waals surface area (Å²) in [6.45, 7) is 3.40. The number of carbonyl (C=O) groups is 1. The average Bonchev–Trinajstić information content (AvgIpc) is 3.25. The molecule has 2 aromatic carbocycles. The molecule has 2 N–H and O–H groups in total. The van der Waals surface area contributed by atoms with Crippen molar-refractivity contribution in [1.29, 1.82) is 5.26 Å². The van der Waals surface area contributed by atoms with Gasteiger partial charge < -0.3 is 15.2 Å². The lowest BCUT2D eigenvalue weighted by atomic mass is 9.61. The van der Waals surface area contributed by atoms with Gasteiger partial charge in [0.1, 0.15) is 11.4 Å². The highest BCUT2D eigenvalue weighted by atomic mass is 16.5. The second-order valence-corrected chi connectivity index (χ2v) is 9.01. The van der Waals surface area contributed by atoms with Crippen LogP contribution in [-0.2, 0) is 4.79 Å². The molecule has 1 aliphatic carbocycles. The van der Waals surface area contributed by atoms with Crippen LogP contribution < -0.4 is 10.1 Å². The number of benzene rings is 2. The summed E-state index contributed by atoms with van der Waals surface area (Å²) in [5, 5.41) is 24.7. The molecule has 31 heavy (non-hydrogen) atoms. The number of nitrogens with zero attached hydrogens (tertiary/aromatic N) is 1. The maximum Gasteiger partial charge on any atom is 0.176 e. The highest BCUT2D eigenvalue weighted by molar-refractivity contribution is 5.97. The number of carbonyl (C=O) groups excluding carboxylic acids is 1. The first-order valence-corrected chi connectivity index (χ1v) is 11.0. The fourth-order valence-corrected chi connectivity index (χ4v) is 5.73. The van der Waals surface area contributed by atoms with Gasteiger partial charge in [0.05, 0.1) is 19.1 Å². The Morgan fingerprint density at radius 3 is 2.65 bits per heavy atom. The van der Waals surface area contributed by atoms with Gasteiger partial charge in [-0.15, -0.1) is 0 Å². The van der Waals surface area contributed by atoms with Crippen molar-refractivity contribution in [3.63, 3.8) is 0 Å². The van der Waals surface area contributed by atoms with Crippen molar-refractivity contribution in [3.8, 4) is 11.8 Å². The van der Waals surface area contributed by atoms with Gasteiger partial charge in [-0.05, 0) is 55.3 Å². The van der Waals surface area contributed by atoms with E-state index >= 15 is 0 Å².